The average molecular weight is 213 g/mol. The Morgan fingerprint density at radius 3 is 2.79 bits per heavy atom. The van der Waals surface area contributed by atoms with E-state index in [0.29, 0.717) is 5.56 Å². The molecule has 1 aromatic rings. The molecule has 1 aromatic carbocycles. The quantitative estimate of drug-likeness (QED) is 0.819. The number of hydrogen-bond acceptors (Lipinski definition) is 2. The Morgan fingerprint density at radius 1 is 1.64 bits per heavy atom. The Labute approximate surface area is 87.1 Å². The Morgan fingerprint density at radius 2 is 2.29 bits per heavy atom. The minimum atomic E-state index is -0.786. The first kappa shape index (κ1) is 11.0. The van der Waals surface area contributed by atoms with Crippen LogP contribution in [-0.4, -0.2) is 0 Å². The van der Waals surface area contributed by atoms with Crippen LogP contribution in [0.15, 0.2) is 18.2 Å². The highest BCUT2D eigenvalue weighted by atomic mass is 35.5. The standard InChI is InChI=1S/C10H10ClFN2/c1-10(14,4-5-13)7-2-3-9(12)8(11)6-7/h2-3,6H,4,14H2,1H3/t10-/m0/s1. The number of rotatable bonds is 2. The lowest BCUT2D eigenvalue weighted by molar-refractivity contribution is 0.506. The van der Waals surface area contributed by atoms with E-state index in [1.807, 2.05) is 6.07 Å². The Bertz CT molecular complexity index is 382. The monoisotopic (exact) mass is 212 g/mol. The van der Waals surface area contributed by atoms with Crippen molar-refractivity contribution in [2.45, 2.75) is 18.9 Å². The van der Waals surface area contributed by atoms with Crippen molar-refractivity contribution >= 4 is 11.6 Å². The summed E-state index contributed by atoms with van der Waals surface area (Å²) in [6, 6.07) is 6.22. The van der Waals surface area contributed by atoms with Crippen LogP contribution in [0.4, 0.5) is 4.39 Å². The normalized spacial score (nSPS) is 14.5. The summed E-state index contributed by atoms with van der Waals surface area (Å²) in [4.78, 5) is 0. The first-order valence-corrected chi connectivity index (χ1v) is 4.46. The van der Waals surface area contributed by atoms with E-state index in [1.54, 1.807) is 13.0 Å². The van der Waals surface area contributed by atoms with Gasteiger partial charge < -0.3 is 5.73 Å². The second kappa shape index (κ2) is 3.95. The van der Waals surface area contributed by atoms with Crippen LogP contribution in [0.2, 0.25) is 5.02 Å². The summed E-state index contributed by atoms with van der Waals surface area (Å²) in [5.41, 5.74) is 5.74. The van der Waals surface area contributed by atoms with Crippen LogP contribution in [0.3, 0.4) is 0 Å². The molecule has 0 amide bonds. The second-order valence-electron chi connectivity index (χ2n) is 3.38. The van der Waals surface area contributed by atoms with Gasteiger partial charge in [0.25, 0.3) is 0 Å². The lowest BCUT2D eigenvalue weighted by atomic mass is 9.90. The van der Waals surface area contributed by atoms with E-state index in [-0.39, 0.29) is 11.4 Å². The molecule has 74 valence electrons. The van der Waals surface area contributed by atoms with Crippen molar-refractivity contribution in [3.8, 4) is 6.07 Å². The highest BCUT2D eigenvalue weighted by Gasteiger charge is 2.21. The fraction of sp³-hybridized carbons (Fsp3) is 0.300. The lowest BCUT2D eigenvalue weighted by Gasteiger charge is -2.21. The van der Waals surface area contributed by atoms with E-state index >= 15 is 0 Å². The molecule has 0 aliphatic heterocycles. The third-order valence-electron chi connectivity index (χ3n) is 2.03. The molecule has 2 nitrogen and oxygen atoms in total. The zero-order valence-electron chi connectivity index (χ0n) is 7.72. The van der Waals surface area contributed by atoms with Crippen molar-refractivity contribution in [3.05, 3.63) is 34.6 Å². The minimum Gasteiger partial charge on any atom is -0.321 e. The van der Waals surface area contributed by atoms with Gasteiger partial charge in [-0.1, -0.05) is 17.7 Å². The topological polar surface area (TPSA) is 49.8 Å². The number of nitriles is 1. The van der Waals surface area contributed by atoms with Crippen molar-refractivity contribution in [2.24, 2.45) is 5.73 Å². The van der Waals surface area contributed by atoms with Crippen LogP contribution in [0.5, 0.6) is 0 Å². The molecule has 4 heteroatoms. The van der Waals surface area contributed by atoms with Gasteiger partial charge in [0.1, 0.15) is 5.82 Å². The van der Waals surface area contributed by atoms with Crippen LogP contribution >= 0.6 is 11.6 Å². The van der Waals surface area contributed by atoms with E-state index in [2.05, 4.69) is 0 Å². The summed E-state index contributed by atoms with van der Waals surface area (Å²) >= 11 is 5.61. The van der Waals surface area contributed by atoms with Crippen LogP contribution in [0.25, 0.3) is 0 Å². The molecule has 0 fully saturated rings. The summed E-state index contributed by atoms with van der Waals surface area (Å²) in [6.07, 6.45) is 0.162. The molecule has 0 aliphatic carbocycles. The van der Waals surface area contributed by atoms with Crippen LogP contribution in [0.1, 0.15) is 18.9 Å². The lowest BCUT2D eigenvalue weighted by Crippen LogP contribution is -2.32. The zero-order chi connectivity index (χ0) is 10.8. The van der Waals surface area contributed by atoms with Gasteiger partial charge in [-0.05, 0) is 24.6 Å². The van der Waals surface area contributed by atoms with Crippen LogP contribution in [-0.2, 0) is 5.54 Å². The third-order valence-corrected chi connectivity index (χ3v) is 2.31. The number of halogens is 2. The molecule has 0 radical (unpaired) electrons. The Hall–Kier alpha value is -1.11. The molecule has 0 unspecified atom stereocenters. The van der Waals surface area contributed by atoms with Crippen LogP contribution in [0, 0.1) is 17.1 Å². The molecule has 0 heterocycles. The molecule has 0 saturated heterocycles. The van der Waals surface area contributed by atoms with Gasteiger partial charge in [0.2, 0.25) is 0 Å². The zero-order valence-corrected chi connectivity index (χ0v) is 8.48. The first-order valence-electron chi connectivity index (χ1n) is 4.09. The molecule has 1 atom stereocenters. The SMILES string of the molecule is C[C@](N)(CC#N)c1ccc(F)c(Cl)c1. The van der Waals surface area contributed by atoms with Gasteiger partial charge in [0, 0.05) is 0 Å². The van der Waals surface area contributed by atoms with Gasteiger partial charge >= 0.3 is 0 Å². The highest BCUT2D eigenvalue weighted by Crippen LogP contribution is 2.25. The van der Waals surface area contributed by atoms with Crippen molar-refractivity contribution in [1.29, 1.82) is 5.26 Å². The number of nitrogens with zero attached hydrogens (tertiary/aromatic N) is 1. The summed E-state index contributed by atoms with van der Waals surface area (Å²) < 4.78 is 12.8. The minimum absolute atomic E-state index is 0.0251. The molecule has 0 bridgehead atoms. The Kier molecular flexibility index (Phi) is 3.10. The van der Waals surface area contributed by atoms with Gasteiger partial charge in [0.15, 0.2) is 0 Å². The molecule has 2 N–H and O–H groups in total. The van der Waals surface area contributed by atoms with Crippen LogP contribution < -0.4 is 5.73 Å². The van der Waals surface area contributed by atoms with E-state index in [9.17, 15) is 4.39 Å². The molecule has 0 aliphatic rings. The highest BCUT2D eigenvalue weighted by molar-refractivity contribution is 6.30. The maximum atomic E-state index is 12.8. The number of benzene rings is 1. The van der Waals surface area contributed by atoms with E-state index in [0.717, 1.165) is 0 Å². The van der Waals surface area contributed by atoms with Crippen molar-refractivity contribution < 1.29 is 4.39 Å². The van der Waals surface area contributed by atoms with Crippen molar-refractivity contribution in [1.82, 2.24) is 0 Å². The van der Waals surface area contributed by atoms with E-state index in [1.165, 1.54) is 12.1 Å². The largest absolute Gasteiger partial charge is 0.321 e. The molecule has 0 saturated carbocycles. The predicted octanol–water partition coefficient (Wildman–Crippen LogP) is 2.57. The van der Waals surface area contributed by atoms with E-state index < -0.39 is 11.4 Å². The smallest absolute Gasteiger partial charge is 0.141 e. The average Bonchev–Trinajstić information content (AvgIpc) is 2.09. The number of hydrogen-bond donors (Lipinski definition) is 1. The van der Waals surface area contributed by atoms with Gasteiger partial charge in [0.05, 0.1) is 23.1 Å². The summed E-state index contributed by atoms with van der Waals surface area (Å²) in [7, 11) is 0. The predicted molar refractivity (Wildman–Crippen MR) is 53.2 cm³/mol. The van der Waals surface area contributed by atoms with Crippen molar-refractivity contribution in [2.75, 3.05) is 0 Å². The molecular weight excluding hydrogens is 203 g/mol. The molecular formula is C10H10ClFN2. The molecule has 0 aromatic heterocycles. The summed E-state index contributed by atoms with van der Waals surface area (Å²) in [5, 5.41) is 8.58. The summed E-state index contributed by atoms with van der Waals surface area (Å²) in [6.45, 7) is 1.71. The van der Waals surface area contributed by atoms with Gasteiger partial charge in [-0.3, -0.25) is 0 Å². The maximum Gasteiger partial charge on any atom is 0.141 e. The van der Waals surface area contributed by atoms with Gasteiger partial charge in [-0.25, -0.2) is 4.39 Å². The fourth-order valence-corrected chi connectivity index (χ4v) is 1.30. The molecule has 14 heavy (non-hydrogen) atoms. The summed E-state index contributed by atoms with van der Waals surface area (Å²) in [5.74, 6) is -0.483. The Balaban J connectivity index is 3.09. The third kappa shape index (κ3) is 2.22. The first-order chi connectivity index (χ1) is 6.47. The van der Waals surface area contributed by atoms with Crippen molar-refractivity contribution in [3.63, 3.8) is 0 Å². The van der Waals surface area contributed by atoms with Gasteiger partial charge in [-0.2, -0.15) is 5.26 Å². The van der Waals surface area contributed by atoms with Gasteiger partial charge in [-0.15, -0.1) is 0 Å². The molecule has 1 rings (SSSR count). The molecule has 0 spiro atoms. The maximum absolute atomic E-state index is 12.8. The number of nitrogens with two attached hydrogens (primary N) is 1. The fourth-order valence-electron chi connectivity index (χ4n) is 1.12. The van der Waals surface area contributed by atoms with E-state index in [4.69, 9.17) is 22.6 Å². The second-order valence-corrected chi connectivity index (χ2v) is 3.79.